The molecule has 0 N–H and O–H groups in total. The second-order valence-electron chi connectivity index (χ2n) is 9.06. The molecule has 1 aliphatic rings. The molecule has 3 aromatic heterocycles. The van der Waals surface area contributed by atoms with Gasteiger partial charge < -0.3 is 4.90 Å². The van der Waals surface area contributed by atoms with E-state index in [1.165, 1.54) is 16.7 Å². The number of fused-ring (bicyclic) bond motifs is 4. The van der Waals surface area contributed by atoms with Gasteiger partial charge in [-0.2, -0.15) is 5.10 Å². The highest BCUT2D eigenvalue weighted by Crippen LogP contribution is 2.28. The average Bonchev–Trinajstić information content (AvgIpc) is 3.47. The molecule has 0 aliphatic carbocycles. The van der Waals surface area contributed by atoms with Crippen LogP contribution in [0.15, 0.2) is 60.9 Å². The molecule has 0 saturated carbocycles. The molecule has 6 rings (SSSR count). The fourth-order valence-corrected chi connectivity index (χ4v) is 4.92. The Morgan fingerprint density at radius 1 is 1.03 bits per heavy atom. The number of anilines is 1. The van der Waals surface area contributed by atoms with Crippen molar-refractivity contribution in [3.63, 3.8) is 0 Å². The lowest BCUT2D eigenvalue weighted by atomic mass is 10.0. The van der Waals surface area contributed by atoms with Gasteiger partial charge >= 0.3 is 0 Å². The molecule has 0 spiro atoms. The first-order valence-electron chi connectivity index (χ1n) is 11.8. The van der Waals surface area contributed by atoms with E-state index in [2.05, 4.69) is 54.4 Å². The molecule has 5 aromatic rings. The molecule has 2 aromatic carbocycles. The Kier molecular flexibility index (Phi) is 4.90. The largest absolute Gasteiger partial charge is 0.312 e. The Bertz CT molecular complexity index is 1550. The highest BCUT2D eigenvalue weighted by Gasteiger charge is 2.22. The summed E-state index contributed by atoms with van der Waals surface area (Å²) < 4.78 is 3.82. The molecule has 7 nitrogen and oxygen atoms in total. The number of aromatic nitrogens is 5. The Morgan fingerprint density at radius 2 is 1.91 bits per heavy atom. The van der Waals surface area contributed by atoms with Gasteiger partial charge in [0.1, 0.15) is 11.3 Å². The van der Waals surface area contributed by atoms with Crippen molar-refractivity contribution in [3.8, 4) is 11.3 Å². The lowest BCUT2D eigenvalue weighted by molar-refractivity contribution is -0.118. The van der Waals surface area contributed by atoms with Gasteiger partial charge in [-0.15, -0.1) is 10.2 Å². The predicted molar refractivity (Wildman–Crippen MR) is 132 cm³/mol. The smallest absolute Gasteiger partial charge is 0.227 e. The number of rotatable bonds is 4. The summed E-state index contributed by atoms with van der Waals surface area (Å²) >= 11 is 0. The van der Waals surface area contributed by atoms with Crippen LogP contribution in [0.25, 0.3) is 22.4 Å². The lowest BCUT2D eigenvalue weighted by Gasteiger charge is -2.29. The van der Waals surface area contributed by atoms with Crippen LogP contribution in [0, 0.1) is 13.8 Å². The molecular weight excluding hydrogens is 424 g/mol. The van der Waals surface area contributed by atoms with Crippen molar-refractivity contribution in [2.45, 2.75) is 39.5 Å². The van der Waals surface area contributed by atoms with E-state index >= 15 is 0 Å². The standard InChI is InChI=1S/C27H26N6O/c1-18-9-10-19(2)21(16-18)22-17-24-27-29-28-25(32(27)14-15-33(24)30-22)11-12-26(34)31-13-5-7-20-6-3-4-8-23(20)31/h3-4,6,8-10,14-17H,5,7,11-13H2,1-2H3. The number of hydrogen-bond acceptors (Lipinski definition) is 4. The van der Waals surface area contributed by atoms with E-state index in [1.54, 1.807) is 0 Å². The molecule has 0 fully saturated rings. The molecule has 4 heterocycles. The van der Waals surface area contributed by atoms with E-state index in [1.807, 2.05) is 44.4 Å². The van der Waals surface area contributed by atoms with Crippen molar-refractivity contribution in [2.75, 3.05) is 11.4 Å². The van der Waals surface area contributed by atoms with Crippen LogP contribution in [0.5, 0.6) is 0 Å². The number of carbonyl (C=O) groups is 1. The molecular formula is C27H26N6O. The minimum absolute atomic E-state index is 0.131. The van der Waals surface area contributed by atoms with Gasteiger partial charge in [-0.1, -0.05) is 35.9 Å². The van der Waals surface area contributed by atoms with E-state index in [4.69, 9.17) is 5.10 Å². The number of para-hydroxylation sites is 1. The summed E-state index contributed by atoms with van der Waals surface area (Å²) in [7, 11) is 0. The minimum Gasteiger partial charge on any atom is -0.312 e. The molecule has 1 amide bonds. The van der Waals surface area contributed by atoms with Crippen LogP contribution in [-0.4, -0.2) is 36.7 Å². The summed E-state index contributed by atoms with van der Waals surface area (Å²) in [5.74, 6) is 0.914. The maximum atomic E-state index is 13.1. The van der Waals surface area contributed by atoms with Gasteiger partial charge in [0.25, 0.3) is 0 Å². The highest BCUT2D eigenvalue weighted by molar-refractivity contribution is 5.94. The molecule has 170 valence electrons. The zero-order chi connectivity index (χ0) is 23.2. The van der Waals surface area contributed by atoms with E-state index < -0.39 is 0 Å². The fourth-order valence-electron chi connectivity index (χ4n) is 4.92. The molecule has 0 atom stereocenters. The van der Waals surface area contributed by atoms with Crippen LogP contribution in [0.4, 0.5) is 5.69 Å². The first-order valence-corrected chi connectivity index (χ1v) is 11.8. The molecule has 0 unspecified atom stereocenters. The van der Waals surface area contributed by atoms with Gasteiger partial charge in [-0.25, -0.2) is 4.52 Å². The van der Waals surface area contributed by atoms with Crippen molar-refractivity contribution < 1.29 is 4.79 Å². The average molecular weight is 451 g/mol. The van der Waals surface area contributed by atoms with Crippen LogP contribution in [-0.2, 0) is 17.6 Å². The van der Waals surface area contributed by atoms with Crippen molar-refractivity contribution >= 4 is 22.8 Å². The highest BCUT2D eigenvalue weighted by atomic mass is 16.2. The third-order valence-corrected chi connectivity index (χ3v) is 6.73. The monoisotopic (exact) mass is 450 g/mol. The lowest BCUT2D eigenvalue weighted by Crippen LogP contribution is -2.35. The molecule has 0 bridgehead atoms. The van der Waals surface area contributed by atoms with Gasteiger partial charge in [-0.05, 0) is 56.0 Å². The SMILES string of the molecule is Cc1ccc(C)c(-c2cc3c4nnc(CCC(=O)N5CCCc6ccccc65)n4ccn3n2)c1. The number of carbonyl (C=O) groups excluding carboxylic acids is 1. The van der Waals surface area contributed by atoms with Crippen LogP contribution >= 0.6 is 0 Å². The minimum atomic E-state index is 0.131. The third kappa shape index (κ3) is 3.44. The van der Waals surface area contributed by atoms with Crippen molar-refractivity contribution in [2.24, 2.45) is 0 Å². The molecule has 0 saturated heterocycles. The number of aryl methyl sites for hydroxylation is 4. The van der Waals surface area contributed by atoms with Crippen molar-refractivity contribution in [3.05, 3.63) is 83.4 Å². The van der Waals surface area contributed by atoms with Crippen LogP contribution in [0.3, 0.4) is 0 Å². The molecule has 1 aliphatic heterocycles. The predicted octanol–water partition coefficient (Wildman–Crippen LogP) is 4.57. The molecule has 0 radical (unpaired) electrons. The van der Waals surface area contributed by atoms with Gasteiger partial charge in [0.15, 0.2) is 5.65 Å². The first kappa shape index (κ1) is 20.6. The summed E-state index contributed by atoms with van der Waals surface area (Å²) in [5.41, 5.74) is 8.36. The van der Waals surface area contributed by atoms with E-state index in [0.29, 0.717) is 12.8 Å². The number of amides is 1. The Labute approximate surface area is 197 Å². The van der Waals surface area contributed by atoms with Crippen LogP contribution in [0.2, 0.25) is 0 Å². The summed E-state index contributed by atoms with van der Waals surface area (Å²) in [4.78, 5) is 15.0. The fraction of sp³-hybridized carbons (Fsp3) is 0.259. The maximum absolute atomic E-state index is 13.1. The van der Waals surface area contributed by atoms with E-state index in [-0.39, 0.29) is 5.91 Å². The summed E-state index contributed by atoms with van der Waals surface area (Å²) in [6.45, 7) is 4.96. The topological polar surface area (TPSA) is 67.8 Å². The molecule has 7 heteroatoms. The quantitative estimate of drug-likeness (QED) is 0.402. The Morgan fingerprint density at radius 3 is 2.82 bits per heavy atom. The summed E-state index contributed by atoms with van der Waals surface area (Å²) in [5, 5.41) is 13.6. The first-order chi connectivity index (χ1) is 16.6. The van der Waals surface area contributed by atoms with Gasteiger partial charge in [-0.3, -0.25) is 9.20 Å². The zero-order valence-corrected chi connectivity index (χ0v) is 19.4. The van der Waals surface area contributed by atoms with Crippen molar-refractivity contribution in [1.82, 2.24) is 24.2 Å². The van der Waals surface area contributed by atoms with Gasteiger partial charge in [0.2, 0.25) is 5.91 Å². The number of hydrogen-bond donors (Lipinski definition) is 0. The second-order valence-corrected chi connectivity index (χ2v) is 9.06. The second kappa shape index (κ2) is 8.09. The Hall–Kier alpha value is -4.00. The number of benzene rings is 2. The van der Waals surface area contributed by atoms with Crippen LogP contribution < -0.4 is 4.90 Å². The molecule has 34 heavy (non-hydrogen) atoms. The zero-order valence-electron chi connectivity index (χ0n) is 19.4. The van der Waals surface area contributed by atoms with E-state index in [0.717, 1.165) is 53.3 Å². The summed E-state index contributed by atoms with van der Waals surface area (Å²) in [6.07, 6.45) is 6.81. The van der Waals surface area contributed by atoms with Crippen LogP contribution in [0.1, 0.15) is 35.4 Å². The van der Waals surface area contributed by atoms with E-state index in [9.17, 15) is 4.79 Å². The number of nitrogens with zero attached hydrogens (tertiary/aromatic N) is 6. The van der Waals surface area contributed by atoms with Crippen molar-refractivity contribution in [1.29, 1.82) is 0 Å². The Balaban J connectivity index is 1.28. The maximum Gasteiger partial charge on any atom is 0.227 e. The third-order valence-electron chi connectivity index (χ3n) is 6.73. The summed E-state index contributed by atoms with van der Waals surface area (Å²) in [6, 6.07) is 16.7. The van der Waals surface area contributed by atoms with Gasteiger partial charge in [0, 0.05) is 43.0 Å². The normalized spacial score (nSPS) is 13.5. The van der Waals surface area contributed by atoms with Gasteiger partial charge in [0.05, 0.1) is 5.69 Å².